The van der Waals surface area contributed by atoms with Crippen LogP contribution in [0.15, 0.2) is 78.4 Å². The highest BCUT2D eigenvalue weighted by Gasteiger charge is 2.37. The van der Waals surface area contributed by atoms with Crippen LogP contribution in [0.25, 0.3) is 6.08 Å². The van der Waals surface area contributed by atoms with E-state index in [-0.39, 0.29) is 18.1 Å². The number of urea groups is 1. The first kappa shape index (κ1) is 23.4. The highest BCUT2D eigenvalue weighted by atomic mass is 16.5. The number of carbonyl (C=O) groups is 4. The Labute approximate surface area is 202 Å². The van der Waals surface area contributed by atoms with Gasteiger partial charge >= 0.3 is 6.03 Å². The van der Waals surface area contributed by atoms with Gasteiger partial charge in [0.25, 0.3) is 17.7 Å². The number of rotatable bonds is 6. The Morgan fingerprint density at radius 1 is 0.943 bits per heavy atom. The summed E-state index contributed by atoms with van der Waals surface area (Å²) >= 11 is 0. The molecule has 0 bridgehead atoms. The van der Waals surface area contributed by atoms with Crippen molar-refractivity contribution in [2.75, 3.05) is 16.8 Å². The summed E-state index contributed by atoms with van der Waals surface area (Å²) < 4.78 is 5.66. The molecular formula is C27H23N3O5. The van der Waals surface area contributed by atoms with Crippen molar-refractivity contribution in [2.45, 2.75) is 13.8 Å². The summed E-state index contributed by atoms with van der Waals surface area (Å²) in [4.78, 5) is 51.4. The fraction of sp³-hybridized carbons (Fsp3) is 0.111. The van der Waals surface area contributed by atoms with Gasteiger partial charge < -0.3 is 10.1 Å². The fourth-order valence-corrected chi connectivity index (χ4v) is 3.51. The summed E-state index contributed by atoms with van der Waals surface area (Å²) in [6.07, 6.45) is 1.35. The lowest BCUT2D eigenvalue weighted by atomic mass is 10.0. The number of para-hydroxylation sites is 2. The fourth-order valence-electron chi connectivity index (χ4n) is 3.51. The first-order valence-electron chi connectivity index (χ1n) is 10.9. The minimum Gasteiger partial charge on any atom is -0.483 e. The lowest BCUT2D eigenvalue weighted by Gasteiger charge is -2.27. The lowest BCUT2D eigenvalue weighted by Crippen LogP contribution is -2.54. The highest BCUT2D eigenvalue weighted by Crippen LogP contribution is 2.26. The molecule has 35 heavy (non-hydrogen) atoms. The summed E-state index contributed by atoms with van der Waals surface area (Å²) in [5.41, 5.74) is 3.08. The second-order valence-electron chi connectivity index (χ2n) is 7.97. The van der Waals surface area contributed by atoms with Crippen LogP contribution in [0, 0.1) is 13.8 Å². The third kappa shape index (κ3) is 5.27. The molecule has 8 nitrogen and oxygen atoms in total. The van der Waals surface area contributed by atoms with E-state index < -0.39 is 17.8 Å². The number of amides is 5. The number of ether oxygens (including phenoxy) is 1. The Morgan fingerprint density at radius 2 is 1.66 bits per heavy atom. The first-order chi connectivity index (χ1) is 16.8. The number of hydrogen-bond acceptors (Lipinski definition) is 5. The number of carbonyl (C=O) groups excluding carboxylic acids is 4. The molecule has 8 heteroatoms. The van der Waals surface area contributed by atoms with Gasteiger partial charge in [-0.3, -0.25) is 19.7 Å². The Balaban J connectivity index is 1.57. The number of benzene rings is 3. The monoisotopic (exact) mass is 469 g/mol. The van der Waals surface area contributed by atoms with Crippen LogP contribution in [-0.2, 0) is 14.4 Å². The number of nitrogens with zero attached hydrogens (tertiary/aromatic N) is 1. The zero-order valence-corrected chi connectivity index (χ0v) is 19.2. The average molecular weight is 469 g/mol. The van der Waals surface area contributed by atoms with Gasteiger partial charge in [-0.2, -0.15) is 0 Å². The van der Waals surface area contributed by atoms with Gasteiger partial charge in [-0.1, -0.05) is 42.5 Å². The van der Waals surface area contributed by atoms with Gasteiger partial charge in [0.2, 0.25) is 0 Å². The predicted molar refractivity (Wildman–Crippen MR) is 132 cm³/mol. The van der Waals surface area contributed by atoms with Crippen molar-refractivity contribution in [1.82, 2.24) is 5.32 Å². The van der Waals surface area contributed by atoms with Crippen molar-refractivity contribution < 1.29 is 23.9 Å². The van der Waals surface area contributed by atoms with E-state index >= 15 is 0 Å². The smallest absolute Gasteiger partial charge is 0.335 e. The lowest BCUT2D eigenvalue weighted by molar-refractivity contribution is -0.122. The summed E-state index contributed by atoms with van der Waals surface area (Å²) in [6.45, 7) is 3.51. The number of aryl methyl sites for hydroxylation is 2. The molecule has 1 aliphatic rings. The van der Waals surface area contributed by atoms with E-state index in [1.165, 1.54) is 6.08 Å². The summed E-state index contributed by atoms with van der Waals surface area (Å²) in [5.74, 6) is -1.62. The van der Waals surface area contributed by atoms with Crippen LogP contribution < -0.4 is 20.3 Å². The maximum atomic E-state index is 13.2. The third-order valence-electron chi connectivity index (χ3n) is 5.49. The summed E-state index contributed by atoms with van der Waals surface area (Å²) in [5, 5.41) is 4.94. The van der Waals surface area contributed by atoms with Crippen LogP contribution >= 0.6 is 0 Å². The van der Waals surface area contributed by atoms with Crippen molar-refractivity contribution in [1.29, 1.82) is 0 Å². The molecule has 0 saturated carbocycles. The number of hydrogen-bond donors (Lipinski definition) is 2. The van der Waals surface area contributed by atoms with Gasteiger partial charge in [0.05, 0.1) is 5.69 Å². The molecule has 3 aromatic carbocycles. The molecule has 2 N–H and O–H groups in total. The normalized spacial score (nSPS) is 14.6. The minimum absolute atomic E-state index is 0.229. The number of anilines is 2. The standard InChI is InChI=1S/C27H23N3O5/c1-17-12-13-21(14-18(17)2)30-26(33)22(25(32)29-27(30)34)15-19-8-6-7-11-23(19)35-16-24(31)28-20-9-4-3-5-10-20/h3-15H,16H2,1-2H3,(H,28,31)(H,29,32,34)/b22-15+. The van der Waals surface area contributed by atoms with E-state index in [0.717, 1.165) is 16.0 Å². The Kier molecular flexibility index (Phi) is 6.73. The van der Waals surface area contributed by atoms with Crippen molar-refractivity contribution in [3.8, 4) is 5.75 Å². The van der Waals surface area contributed by atoms with Crippen LogP contribution in [0.3, 0.4) is 0 Å². The van der Waals surface area contributed by atoms with E-state index in [9.17, 15) is 19.2 Å². The second kappa shape index (κ2) is 10.0. The zero-order chi connectivity index (χ0) is 24.9. The van der Waals surface area contributed by atoms with Crippen LogP contribution in [0.1, 0.15) is 16.7 Å². The van der Waals surface area contributed by atoms with E-state index in [4.69, 9.17) is 4.74 Å². The maximum Gasteiger partial charge on any atom is 0.335 e. The SMILES string of the molecule is Cc1ccc(N2C(=O)NC(=O)/C(=C\c3ccccc3OCC(=O)Nc3ccccc3)C2=O)cc1C. The molecule has 1 fully saturated rings. The van der Waals surface area contributed by atoms with Gasteiger partial charge in [-0.15, -0.1) is 0 Å². The van der Waals surface area contributed by atoms with Crippen LogP contribution in [0.4, 0.5) is 16.2 Å². The van der Waals surface area contributed by atoms with Crippen molar-refractivity contribution in [3.05, 3.63) is 95.1 Å². The molecule has 0 aromatic heterocycles. The Bertz CT molecular complexity index is 1350. The summed E-state index contributed by atoms with van der Waals surface area (Å²) in [6, 6.07) is 20.0. The first-order valence-corrected chi connectivity index (χ1v) is 10.9. The molecule has 1 heterocycles. The molecule has 0 atom stereocenters. The number of nitrogens with one attached hydrogen (secondary N) is 2. The van der Waals surface area contributed by atoms with Crippen LogP contribution in [-0.4, -0.2) is 30.4 Å². The van der Waals surface area contributed by atoms with Crippen LogP contribution in [0.5, 0.6) is 5.75 Å². The Hall–Kier alpha value is -4.72. The minimum atomic E-state index is -0.817. The van der Waals surface area contributed by atoms with Gasteiger partial charge in [0.15, 0.2) is 6.61 Å². The van der Waals surface area contributed by atoms with Crippen molar-refractivity contribution in [2.24, 2.45) is 0 Å². The van der Waals surface area contributed by atoms with Crippen molar-refractivity contribution >= 4 is 41.2 Å². The molecule has 5 amide bonds. The van der Waals surface area contributed by atoms with Crippen LogP contribution in [0.2, 0.25) is 0 Å². The van der Waals surface area contributed by atoms with E-state index in [2.05, 4.69) is 10.6 Å². The van der Waals surface area contributed by atoms with Crippen molar-refractivity contribution in [3.63, 3.8) is 0 Å². The quantitative estimate of drug-likeness (QED) is 0.420. The molecule has 1 aliphatic heterocycles. The molecule has 176 valence electrons. The van der Waals surface area contributed by atoms with Gasteiger partial charge in [-0.05, 0) is 61.4 Å². The molecule has 1 saturated heterocycles. The van der Waals surface area contributed by atoms with Gasteiger partial charge in [0.1, 0.15) is 11.3 Å². The Morgan fingerprint density at radius 3 is 2.40 bits per heavy atom. The van der Waals surface area contributed by atoms with Gasteiger partial charge in [0, 0.05) is 11.3 Å². The molecule has 4 rings (SSSR count). The molecule has 0 aliphatic carbocycles. The molecule has 0 radical (unpaired) electrons. The van der Waals surface area contributed by atoms with E-state index in [1.807, 2.05) is 19.9 Å². The number of imide groups is 2. The van der Waals surface area contributed by atoms with Gasteiger partial charge in [-0.25, -0.2) is 9.69 Å². The highest BCUT2D eigenvalue weighted by molar-refractivity contribution is 6.39. The van der Waals surface area contributed by atoms with E-state index in [1.54, 1.807) is 66.7 Å². The summed E-state index contributed by atoms with van der Waals surface area (Å²) in [7, 11) is 0. The topological polar surface area (TPSA) is 105 Å². The molecular weight excluding hydrogens is 446 g/mol. The second-order valence-corrected chi connectivity index (χ2v) is 7.97. The molecule has 3 aromatic rings. The maximum absolute atomic E-state index is 13.2. The largest absolute Gasteiger partial charge is 0.483 e. The molecule has 0 unspecified atom stereocenters. The average Bonchev–Trinajstić information content (AvgIpc) is 2.84. The molecule has 0 spiro atoms. The predicted octanol–water partition coefficient (Wildman–Crippen LogP) is 3.99. The third-order valence-corrected chi connectivity index (χ3v) is 5.49. The zero-order valence-electron chi connectivity index (χ0n) is 19.2. The van der Waals surface area contributed by atoms with E-state index in [0.29, 0.717) is 22.7 Å². The number of barbiturate groups is 1.